The first kappa shape index (κ1) is 15.3. The molecule has 0 atom stereocenters. The Morgan fingerprint density at radius 1 is 1.35 bits per heavy atom. The highest BCUT2D eigenvalue weighted by Gasteiger charge is 2.23. The highest BCUT2D eigenvalue weighted by atomic mass is 16.5. The molecule has 0 aliphatic carbocycles. The van der Waals surface area contributed by atoms with Gasteiger partial charge in [-0.1, -0.05) is 6.07 Å². The number of nitrogens with one attached hydrogen (secondary N) is 1. The maximum atomic E-state index is 12.2. The fraction of sp³-hybridized carbons (Fsp3) is 0.294. The number of hydrogen-bond acceptors (Lipinski definition) is 4. The summed E-state index contributed by atoms with van der Waals surface area (Å²) >= 11 is 0. The van der Waals surface area contributed by atoms with Gasteiger partial charge in [0.05, 0.1) is 6.26 Å². The summed E-state index contributed by atoms with van der Waals surface area (Å²) < 4.78 is 10.0. The van der Waals surface area contributed by atoms with Crippen LogP contribution in [0.3, 0.4) is 0 Å². The van der Waals surface area contributed by atoms with E-state index in [1.165, 1.54) is 13.4 Å². The minimum Gasteiger partial charge on any atom is -0.459 e. The van der Waals surface area contributed by atoms with Crippen molar-refractivity contribution in [1.29, 1.82) is 0 Å². The molecule has 2 aromatic rings. The molecule has 6 nitrogen and oxygen atoms in total. The Labute approximate surface area is 134 Å². The van der Waals surface area contributed by atoms with E-state index in [9.17, 15) is 9.59 Å². The molecule has 120 valence electrons. The Morgan fingerprint density at radius 2 is 2.22 bits per heavy atom. The Bertz CT molecular complexity index is 709. The van der Waals surface area contributed by atoms with Crippen LogP contribution in [0.15, 0.2) is 41.0 Å². The number of rotatable bonds is 4. The second kappa shape index (κ2) is 6.66. The Kier molecular flexibility index (Phi) is 4.43. The molecule has 0 bridgehead atoms. The predicted molar refractivity (Wildman–Crippen MR) is 85.7 cm³/mol. The van der Waals surface area contributed by atoms with Crippen LogP contribution in [0, 0.1) is 0 Å². The normalized spacial score (nSPS) is 13.5. The van der Waals surface area contributed by atoms with Crippen molar-refractivity contribution in [1.82, 2.24) is 0 Å². The van der Waals surface area contributed by atoms with Crippen LogP contribution in [0.25, 0.3) is 0 Å². The largest absolute Gasteiger partial charge is 0.459 e. The Morgan fingerprint density at radius 3 is 2.96 bits per heavy atom. The molecule has 3 rings (SSSR count). The summed E-state index contributed by atoms with van der Waals surface area (Å²) in [6, 6.07) is 8.86. The lowest BCUT2D eigenvalue weighted by atomic mass is 10.0. The van der Waals surface area contributed by atoms with Crippen molar-refractivity contribution in [2.75, 3.05) is 30.5 Å². The van der Waals surface area contributed by atoms with Gasteiger partial charge >= 0.3 is 0 Å². The summed E-state index contributed by atoms with van der Waals surface area (Å²) in [6.45, 7) is 0.702. The lowest BCUT2D eigenvalue weighted by Crippen LogP contribution is -2.37. The molecule has 1 N–H and O–H groups in total. The number of benzene rings is 1. The third-order valence-corrected chi connectivity index (χ3v) is 3.78. The highest BCUT2D eigenvalue weighted by molar-refractivity contribution is 6.03. The molecule has 0 spiro atoms. The zero-order valence-electron chi connectivity index (χ0n) is 12.9. The van der Waals surface area contributed by atoms with Crippen LogP contribution in [0.5, 0.6) is 0 Å². The number of methoxy groups -OCH3 is 1. The molecule has 1 aromatic heterocycles. The Balaban J connectivity index is 1.83. The third kappa shape index (κ3) is 3.27. The van der Waals surface area contributed by atoms with E-state index >= 15 is 0 Å². The lowest BCUT2D eigenvalue weighted by Gasteiger charge is -2.29. The average Bonchev–Trinajstić information content (AvgIpc) is 3.09. The Hall–Kier alpha value is -2.60. The van der Waals surface area contributed by atoms with Gasteiger partial charge in [0.15, 0.2) is 5.76 Å². The first-order valence-electron chi connectivity index (χ1n) is 7.46. The van der Waals surface area contributed by atoms with Gasteiger partial charge in [0.25, 0.3) is 11.8 Å². The number of anilines is 2. The molecule has 1 aromatic carbocycles. The number of amides is 2. The number of fused-ring (bicyclic) bond motifs is 1. The van der Waals surface area contributed by atoms with Crippen LogP contribution in [0.1, 0.15) is 22.5 Å². The quantitative estimate of drug-likeness (QED) is 0.941. The molecule has 1 aliphatic heterocycles. The van der Waals surface area contributed by atoms with Crippen LogP contribution in [-0.2, 0) is 16.0 Å². The monoisotopic (exact) mass is 314 g/mol. The molecule has 0 unspecified atom stereocenters. The second-order valence-electron chi connectivity index (χ2n) is 5.36. The molecule has 0 fully saturated rings. The fourth-order valence-corrected chi connectivity index (χ4v) is 2.71. The zero-order chi connectivity index (χ0) is 16.2. The zero-order valence-corrected chi connectivity index (χ0v) is 12.9. The van der Waals surface area contributed by atoms with Gasteiger partial charge in [0.2, 0.25) is 0 Å². The molecule has 0 saturated heterocycles. The first-order chi connectivity index (χ1) is 11.2. The number of hydrogen-bond donors (Lipinski definition) is 1. The third-order valence-electron chi connectivity index (χ3n) is 3.78. The lowest BCUT2D eigenvalue weighted by molar-refractivity contribution is -0.122. The number of nitrogens with zero attached hydrogens (tertiary/aromatic N) is 1. The van der Waals surface area contributed by atoms with Crippen molar-refractivity contribution in [2.45, 2.75) is 12.8 Å². The van der Waals surface area contributed by atoms with Crippen LogP contribution in [0.4, 0.5) is 11.4 Å². The summed E-state index contributed by atoms with van der Waals surface area (Å²) in [6.07, 6.45) is 3.28. The van der Waals surface area contributed by atoms with E-state index in [2.05, 4.69) is 5.32 Å². The van der Waals surface area contributed by atoms with Crippen molar-refractivity contribution >= 4 is 23.2 Å². The van der Waals surface area contributed by atoms with E-state index in [1.54, 1.807) is 17.0 Å². The van der Waals surface area contributed by atoms with Gasteiger partial charge in [0, 0.05) is 25.0 Å². The number of ether oxygens (including phenoxy) is 1. The minimum absolute atomic E-state index is 0.0441. The first-order valence-corrected chi connectivity index (χ1v) is 7.46. The maximum absolute atomic E-state index is 12.2. The topological polar surface area (TPSA) is 71.8 Å². The van der Waals surface area contributed by atoms with Gasteiger partial charge < -0.3 is 19.4 Å². The van der Waals surface area contributed by atoms with Crippen molar-refractivity contribution in [3.05, 3.63) is 47.9 Å². The maximum Gasteiger partial charge on any atom is 0.291 e. The molecule has 23 heavy (non-hydrogen) atoms. The van der Waals surface area contributed by atoms with E-state index in [1.807, 2.05) is 18.2 Å². The highest BCUT2D eigenvalue weighted by Crippen LogP contribution is 2.30. The molecular formula is C17H18N2O4. The van der Waals surface area contributed by atoms with Crippen LogP contribution >= 0.6 is 0 Å². The summed E-state index contributed by atoms with van der Waals surface area (Å²) in [7, 11) is 1.50. The molecular weight excluding hydrogens is 296 g/mol. The average molecular weight is 314 g/mol. The molecule has 2 heterocycles. The van der Waals surface area contributed by atoms with E-state index in [0.29, 0.717) is 12.2 Å². The molecule has 6 heteroatoms. The summed E-state index contributed by atoms with van der Waals surface area (Å²) in [5.74, 6) is -0.154. The van der Waals surface area contributed by atoms with Gasteiger partial charge in [-0.3, -0.25) is 9.59 Å². The van der Waals surface area contributed by atoms with Gasteiger partial charge in [-0.05, 0) is 42.7 Å². The van der Waals surface area contributed by atoms with E-state index in [4.69, 9.17) is 9.15 Å². The molecule has 0 saturated carbocycles. The van der Waals surface area contributed by atoms with Gasteiger partial charge in [-0.15, -0.1) is 0 Å². The van der Waals surface area contributed by atoms with Crippen molar-refractivity contribution in [3.8, 4) is 0 Å². The van der Waals surface area contributed by atoms with Crippen LogP contribution in [0.2, 0.25) is 0 Å². The van der Waals surface area contributed by atoms with E-state index in [0.717, 1.165) is 24.1 Å². The second-order valence-corrected chi connectivity index (χ2v) is 5.36. The number of carbonyl (C=O) groups excluding carboxylic acids is 2. The molecule has 0 radical (unpaired) electrons. The van der Waals surface area contributed by atoms with Gasteiger partial charge in [-0.25, -0.2) is 0 Å². The standard InChI is InChI=1S/C17H18N2O4/c1-22-11-16(20)19-8-2-4-12-6-7-13(10-14(12)19)18-17(21)15-5-3-9-23-15/h3,5-7,9-10H,2,4,8,11H2,1H3,(H,18,21). The van der Waals surface area contributed by atoms with Crippen molar-refractivity contribution in [3.63, 3.8) is 0 Å². The number of furan rings is 1. The number of carbonyl (C=O) groups is 2. The summed E-state index contributed by atoms with van der Waals surface area (Å²) in [5, 5.41) is 2.78. The van der Waals surface area contributed by atoms with Crippen LogP contribution < -0.4 is 10.2 Å². The van der Waals surface area contributed by atoms with Crippen molar-refractivity contribution < 1.29 is 18.7 Å². The SMILES string of the molecule is COCC(=O)N1CCCc2ccc(NC(=O)c3ccco3)cc21. The van der Waals surface area contributed by atoms with Gasteiger partial charge in [0.1, 0.15) is 6.61 Å². The summed E-state index contributed by atoms with van der Waals surface area (Å²) in [4.78, 5) is 25.9. The molecule has 2 amide bonds. The fourth-order valence-electron chi connectivity index (χ4n) is 2.71. The van der Waals surface area contributed by atoms with E-state index < -0.39 is 0 Å². The molecule has 1 aliphatic rings. The van der Waals surface area contributed by atoms with Crippen molar-refractivity contribution in [2.24, 2.45) is 0 Å². The minimum atomic E-state index is -0.319. The smallest absolute Gasteiger partial charge is 0.291 e. The predicted octanol–water partition coefficient (Wildman–Crippen LogP) is 2.46. The van der Waals surface area contributed by atoms with Crippen LogP contribution in [-0.4, -0.2) is 32.1 Å². The van der Waals surface area contributed by atoms with E-state index in [-0.39, 0.29) is 24.2 Å². The summed E-state index contributed by atoms with van der Waals surface area (Å²) in [5.41, 5.74) is 2.55. The number of aryl methyl sites for hydroxylation is 1. The van der Waals surface area contributed by atoms with Gasteiger partial charge in [-0.2, -0.15) is 0 Å².